The molecular weight excluding hydrogens is 484 g/mol. The fraction of sp³-hybridized carbons (Fsp3) is 0.192. The lowest BCUT2D eigenvalue weighted by Crippen LogP contribution is -2.16. The molecule has 0 spiro atoms. The van der Waals surface area contributed by atoms with Crippen molar-refractivity contribution in [3.63, 3.8) is 0 Å². The van der Waals surface area contributed by atoms with Crippen LogP contribution in [0.25, 0.3) is 11.5 Å². The Labute approximate surface area is 207 Å². The van der Waals surface area contributed by atoms with E-state index in [0.29, 0.717) is 41.8 Å². The zero-order valence-corrected chi connectivity index (χ0v) is 20.1. The normalized spacial score (nSPS) is 14.0. The molecule has 10 heteroatoms. The highest BCUT2D eigenvalue weighted by Gasteiger charge is 2.30. The van der Waals surface area contributed by atoms with Gasteiger partial charge < -0.3 is 28.7 Å². The maximum absolute atomic E-state index is 13.7. The molecule has 0 fully saturated rings. The molecule has 0 saturated carbocycles. The van der Waals surface area contributed by atoms with Crippen molar-refractivity contribution >= 4 is 15.7 Å². The van der Waals surface area contributed by atoms with E-state index >= 15 is 0 Å². The minimum absolute atomic E-state index is 0.0301. The van der Waals surface area contributed by atoms with E-state index in [2.05, 4.69) is 10.3 Å². The van der Waals surface area contributed by atoms with E-state index in [4.69, 9.17) is 23.4 Å². The van der Waals surface area contributed by atoms with Gasteiger partial charge in [-0.05, 0) is 48.4 Å². The molecule has 2 aliphatic rings. The van der Waals surface area contributed by atoms with Gasteiger partial charge >= 0.3 is 0 Å². The third-order valence-electron chi connectivity index (χ3n) is 5.94. The summed E-state index contributed by atoms with van der Waals surface area (Å²) in [5.74, 6) is 2.43. The Bertz CT molecular complexity index is 1560. The van der Waals surface area contributed by atoms with E-state index in [1.807, 2.05) is 49.4 Å². The molecule has 4 aromatic rings. The molecule has 3 aromatic carbocycles. The summed E-state index contributed by atoms with van der Waals surface area (Å²) < 4.78 is 55.4. The second kappa shape index (κ2) is 8.80. The predicted molar refractivity (Wildman–Crippen MR) is 129 cm³/mol. The highest BCUT2D eigenvalue weighted by molar-refractivity contribution is 7.91. The number of rotatable bonds is 6. The fourth-order valence-corrected chi connectivity index (χ4v) is 5.36. The van der Waals surface area contributed by atoms with Gasteiger partial charge in [0, 0.05) is 18.2 Å². The second-order valence-electron chi connectivity index (χ2n) is 8.32. The maximum atomic E-state index is 13.7. The Hall–Kier alpha value is -4.18. The number of ether oxygens (including phenoxy) is 4. The van der Waals surface area contributed by atoms with Gasteiger partial charge in [-0.2, -0.15) is 4.98 Å². The van der Waals surface area contributed by atoms with Crippen LogP contribution < -0.4 is 24.3 Å². The number of sulfone groups is 1. The van der Waals surface area contributed by atoms with Crippen LogP contribution in [0.15, 0.2) is 75.0 Å². The van der Waals surface area contributed by atoms with Gasteiger partial charge in [-0.3, -0.25) is 0 Å². The molecule has 0 radical (unpaired) electrons. The zero-order valence-electron chi connectivity index (χ0n) is 19.3. The van der Waals surface area contributed by atoms with Gasteiger partial charge in [0.1, 0.15) is 13.2 Å². The first-order chi connectivity index (χ1) is 17.5. The van der Waals surface area contributed by atoms with Crippen molar-refractivity contribution < 1.29 is 31.8 Å². The number of nitrogens with one attached hydrogen (secondary N) is 1. The van der Waals surface area contributed by atoms with Crippen molar-refractivity contribution in [2.45, 2.75) is 23.4 Å². The molecule has 0 saturated heterocycles. The first-order valence-corrected chi connectivity index (χ1v) is 12.8. The number of aromatic nitrogens is 1. The number of nitrogens with zero attached hydrogens (tertiary/aromatic N) is 1. The Kier molecular flexibility index (Phi) is 5.45. The van der Waals surface area contributed by atoms with E-state index in [1.165, 1.54) is 12.1 Å². The topological polar surface area (TPSA) is 109 Å². The van der Waals surface area contributed by atoms with Crippen LogP contribution in [0.1, 0.15) is 11.1 Å². The zero-order chi connectivity index (χ0) is 24.7. The van der Waals surface area contributed by atoms with Crippen molar-refractivity contribution in [2.75, 3.05) is 25.3 Å². The quantitative estimate of drug-likeness (QED) is 0.401. The molecule has 184 valence electrons. The smallest absolute Gasteiger partial charge is 0.234 e. The van der Waals surface area contributed by atoms with E-state index in [1.54, 1.807) is 6.07 Å². The Morgan fingerprint density at radius 1 is 0.861 bits per heavy atom. The molecule has 36 heavy (non-hydrogen) atoms. The molecule has 9 nitrogen and oxygen atoms in total. The number of oxazole rings is 1. The highest BCUT2D eigenvalue weighted by atomic mass is 32.2. The molecule has 3 heterocycles. The van der Waals surface area contributed by atoms with Crippen LogP contribution in [-0.4, -0.2) is 33.4 Å². The summed E-state index contributed by atoms with van der Waals surface area (Å²) in [6.07, 6.45) is 0. The lowest BCUT2D eigenvalue weighted by Gasteiger charge is -2.18. The third-order valence-corrected chi connectivity index (χ3v) is 7.60. The van der Waals surface area contributed by atoms with Gasteiger partial charge in [-0.25, -0.2) is 8.42 Å². The van der Waals surface area contributed by atoms with E-state index < -0.39 is 9.84 Å². The molecule has 0 atom stereocenters. The standard InChI is InChI=1S/C26H22N2O7S/c1-16-4-2-3-5-19(16)24-28-26(36(29,30)18-7-9-20-23(13-18)32-11-10-31-20)25(35-24)27-14-17-6-8-21-22(12-17)34-15-33-21/h2-9,12-13,27H,10-11,14-15H2,1H3. The molecule has 1 N–H and O–H groups in total. The van der Waals surface area contributed by atoms with Crippen molar-refractivity contribution in [3.8, 4) is 34.5 Å². The highest BCUT2D eigenvalue weighted by Crippen LogP contribution is 2.38. The van der Waals surface area contributed by atoms with Gasteiger partial charge in [-0.15, -0.1) is 0 Å². The van der Waals surface area contributed by atoms with Crippen LogP contribution in [-0.2, 0) is 16.4 Å². The molecule has 0 amide bonds. The largest absolute Gasteiger partial charge is 0.486 e. The summed E-state index contributed by atoms with van der Waals surface area (Å²) >= 11 is 0. The van der Waals surface area contributed by atoms with Crippen molar-refractivity contribution in [3.05, 3.63) is 71.8 Å². The van der Waals surface area contributed by atoms with E-state index in [0.717, 1.165) is 11.1 Å². The monoisotopic (exact) mass is 506 g/mol. The van der Waals surface area contributed by atoms with E-state index in [9.17, 15) is 8.42 Å². The van der Waals surface area contributed by atoms with Crippen LogP contribution in [0.5, 0.6) is 23.0 Å². The van der Waals surface area contributed by atoms with Crippen LogP contribution in [0.2, 0.25) is 0 Å². The van der Waals surface area contributed by atoms with Gasteiger partial charge in [0.25, 0.3) is 0 Å². The first-order valence-electron chi connectivity index (χ1n) is 11.3. The molecule has 1 aromatic heterocycles. The Balaban J connectivity index is 1.39. The lowest BCUT2D eigenvalue weighted by atomic mass is 10.1. The number of benzene rings is 3. The predicted octanol–water partition coefficient (Wildman–Crippen LogP) is 4.59. The summed E-state index contributed by atoms with van der Waals surface area (Å²) in [6.45, 7) is 3.12. The second-order valence-corrected chi connectivity index (χ2v) is 10.2. The van der Waals surface area contributed by atoms with Crippen LogP contribution in [0.4, 0.5) is 5.88 Å². The first kappa shape index (κ1) is 22.3. The molecule has 2 aliphatic heterocycles. The Morgan fingerprint density at radius 3 is 2.44 bits per heavy atom. The van der Waals surface area contributed by atoms with Gasteiger partial charge in [0.15, 0.2) is 23.0 Å². The van der Waals surface area contributed by atoms with Gasteiger partial charge in [-0.1, -0.05) is 24.3 Å². The maximum Gasteiger partial charge on any atom is 0.234 e. The Morgan fingerprint density at radius 2 is 1.58 bits per heavy atom. The third kappa shape index (κ3) is 3.99. The average Bonchev–Trinajstić information content (AvgIpc) is 3.54. The summed E-state index contributed by atoms with van der Waals surface area (Å²) in [5, 5.41) is 2.90. The van der Waals surface area contributed by atoms with Crippen molar-refractivity contribution in [1.29, 1.82) is 0 Å². The molecular formula is C26H22N2O7S. The summed E-state index contributed by atoms with van der Waals surface area (Å²) in [6, 6.07) is 17.5. The van der Waals surface area contributed by atoms with E-state index in [-0.39, 0.29) is 35.0 Å². The lowest BCUT2D eigenvalue weighted by molar-refractivity contribution is 0.171. The van der Waals surface area contributed by atoms with Crippen molar-refractivity contribution in [1.82, 2.24) is 4.98 Å². The number of aryl methyl sites for hydroxylation is 1. The van der Waals surface area contributed by atoms with Crippen LogP contribution >= 0.6 is 0 Å². The molecule has 0 bridgehead atoms. The van der Waals surface area contributed by atoms with Crippen molar-refractivity contribution in [2.24, 2.45) is 0 Å². The fourth-order valence-electron chi connectivity index (χ4n) is 4.06. The summed E-state index contributed by atoms with van der Waals surface area (Å²) in [4.78, 5) is 4.47. The SMILES string of the molecule is Cc1ccccc1-c1nc(S(=O)(=O)c2ccc3c(c2)OCCO3)c(NCc2ccc3c(c2)OCO3)o1. The minimum atomic E-state index is -4.06. The van der Waals surface area contributed by atoms with Crippen LogP contribution in [0, 0.1) is 6.92 Å². The molecule has 6 rings (SSSR count). The van der Waals surface area contributed by atoms with Gasteiger partial charge in [0.05, 0.1) is 4.90 Å². The molecule has 0 unspecified atom stereocenters. The summed E-state index contributed by atoms with van der Waals surface area (Å²) in [5.41, 5.74) is 2.47. The number of fused-ring (bicyclic) bond motifs is 2. The number of hydrogen-bond donors (Lipinski definition) is 1. The van der Waals surface area contributed by atoms with Gasteiger partial charge in [0.2, 0.25) is 33.4 Å². The summed E-state index contributed by atoms with van der Waals surface area (Å²) in [7, 11) is -4.06. The average molecular weight is 507 g/mol. The minimum Gasteiger partial charge on any atom is -0.486 e. The number of hydrogen-bond acceptors (Lipinski definition) is 9. The van der Waals surface area contributed by atoms with Crippen LogP contribution in [0.3, 0.4) is 0 Å². The number of anilines is 1. The molecule has 0 aliphatic carbocycles.